The molecule has 9 heteroatoms. The van der Waals surface area contributed by atoms with Gasteiger partial charge in [0.25, 0.3) is 5.91 Å². The van der Waals surface area contributed by atoms with Crippen LogP contribution in [0.25, 0.3) is 17.4 Å². The van der Waals surface area contributed by atoms with E-state index in [0.29, 0.717) is 32.8 Å². The van der Waals surface area contributed by atoms with Crippen LogP contribution >= 0.6 is 23.2 Å². The van der Waals surface area contributed by atoms with E-state index in [0.717, 1.165) is 5.01 Å². The minimum Gasteiger partial charge on any atom is -0.507 e. The Labute approximate surface area is 186 Å². The Bertz CT molecular complexity index is 1290. The van der Waals surface area contributed by atoms with Gasteiger partial charge in [-0.2, -0.15) is 10.1 Å². The van der Waals surface area contributed by atoms with E-state index in [1.54, 1.807) is 43.3 Å². The normalized spacial score (nSPS) is 14.9. The van der Waals surface area contributed by atoms with Gasteiger partial charge in [-0.05, 0) is 61.5 Å². The number of carboxylic acids is 1. The lowest BCUT2D eigenvalue weighted by Gasteiger charge is -2.12. The summed E-state index contributed by atoms with van der Waals surface area (Å²) in [6, 6.07) is 12.3. The molecule has 1 aliphatic rings. The molecule has 2 heterocycles. The summed E-state index contributed by atoms with van der Waals surface area (Å²) in [5.41, 5.74) is 1.26. The minimum absolute atomic E-state index is 0.219. The number of hydrazone groups is 1. The monoisotopic (exact) mass is 456 g/mol. The van der Waals surface area contributed by atoms with Crippen LogP contribution in [-0.2, 0) is 4.79 Å². The number of furan rings is 1. The smallest absolute Gasteiger partial charge is 0.339 e. The highest BCUT2D eigenvalue weighted by atomic mass is 35.5. The Balaban J connectivity index is 1.64. The zero-order valence-corrected chi connectivity index (χ0v) is 17.5. The second kappa shape index (κ2) is 7.94. The van der Waals surface area contributed by atoms with Gasteiger partial charge in [-0.1, -0.05) is 23.2 Å². The number of carbonyl (C=O) groups is 2. The van der Waals surface area contributed by atoms with Crippen molar-refractivity contribution in [1.29, 1.82) is 0 Å². The molecule has 0 saturated heterocycles. The number of halogens is 2. The number of carbonyl (C=O) groups excluding carboxylic acids is 1. The maximum absolute atomic E-state index is 12.9. The van der Waals surface area contributed by atoms with Gasteiger partial charge < -0.3 is 14.6 Å². The first kappa shape index (κ1) is 20.7. The van der Waals surface area contributed by atoms with Crippen LogP contribution in [0.1, 0.15) is 23.0 Å². The van der Waals surface area contributed by atoms with Crippen LogP contribution in [0.5, 0.6) is 5.75 Å². The van der Waals surface area contributed by atoms with Gasteiger partial charge in [-0.15, -0.1) is 0 Å². The Morgan fingerprint density at radius 3 is 2.61 bits per heavy atom. The predicted octanol–water partition coefficient (Wildman–Crippen LogP) is 5.46. The summed E-state index contributed by atoms with van der Waals surface area (Å²) in [7, 11) is 0. The number of phenols is 1. The molecule has 31 heavy (non-hydrogen) atoms. The number of amides is 1. The summed E-state index contributed by atoms with van der Waals surface area (Å²) < 4.78 is 5.82. The maximum atomic E-state index is 12.9. The van der Waals surface area contributed by atoms with E-state index in [1.807, 2.05) is 0 Å². The van der Waals surface area contributed by atoms with Crippen molar-refractivity contribution < 1.29 is 24.2 Å². The van der Waals surface area contributed by atoms with Crippen LogP contribution in [0.15, 0.2) is 63.6 Å². The number of carboxylic acid groups (broad SMARTS) is 1. The SMILES string of the molecule is CC1=NN(c2ccc(O)c(C(=O)O)c2)C(=O)/C1=C\c1ccc(-c2ccc(Cl)cc2Cl)o1. The van der Waals surface area contributed by atoms with Crippen molar-refractivity contribution in [1.82, 2.24) is 0 Å². The summed E-state index contributed by atoms with van der Waals surface area (Å²) in [4.78, 5) is 24.2. The number of rotatable bonds is 4. The lowest BCUT2D eigenvalue weighted by molar-refractivity contribution is -0.114. The van der Waals surface area contributed by atoms with Crippen LogP contribution in [0.3, 0.4) is 0 Å². The van der Waals surface area contributed by atoms with Crippen LogP contribution in [0, 0.1) is 0 Å². The summed E-state index contributed by atoms with van der Waals surface area (Å²) in [6.45, 7) is 1.65. The summed E-state index contributed by atoms with van der Waals surface area (Å²) in [5.74, 6) is -1.25. The first-order valence-corrected chi connectivity index (χ1v) is 9.73. The molecule has 0 spiro atoms. The third-order valence-corrected chi connectivity index (χ3v) is 5.18. The van der Waals surface area contributed by atoms with E-state index in [2.05, 4.69) is 5.10 Å². The van der Waals surface area contributed by atoms with Gasteiger partial charge in [-0.3, -0.25) is 4.79 Å². The Morgan fingerprint density at radius 2 is 1.90 bits per heavy atom. The van der Waals surface area contributed by atoms with Gasteiger partial charge in [0.15, 0.2) is 0 Å². The molecule has 2 aromatic carbocycles. The predicted molar refractivity (Wildman–Crippen MR) is 118 cm³/mol. The zero-order valence-electron chi connectivity index (χ0n) is 16.0. The second-order valence-electron chi connectivity index (χ2n) is 6.69. The topological polar surface area (TPSA) is 103 Å². The Morgan fingerprint density at radius 1 is 1.13 bits per heavy atom. The van der Waals surface area contributed by atoms with Gasteiger partial charge in [-0.25, -0.2) is 4.79 Å². The molecule has 0 saturated carbocycles. The highest BCUT2D eigenvalue weighted by Crippen LogP contribution is 2.33. The molecule has 0 fully saturated rings. The van der Waals surface area contributed by atoms with Gasteiger partial charge >= 0.3 is 5.97 Å². The molecule has 0 unspecified atom stereocenters. The van der Waals surface area contributed by atoms with Gasteiger partial charge in [0.1, 0.15) is 22.8 Å². The molecular formula is C22H14Cl2N2O5. The van der Waals surface area contributed by atoms with E-state index >= 15 is 0 Å². The van der Waals surface area contributed by atoms with Crippen molar-refractivity contribution in [2.75, 3.05) is 5.01 Å². The Hall–Kier alpha value is -3.55. The van der Waals surface area contributed by atoms with Crippen LogP contribution in [-0.4, -0.2) is 27.8 Å². The molecule has 156 valence electrons. The molecule has 1 aliphatic heterocycles. The molecule has 0 radical (unpaired) electrons. The molecule has 1 aromatic heterocycles. The van der Waals surface area contributed by atoms with Gasteiger partial charge in [0.2, 0.25) is 0 Å². The first-order chi connectivity index (χ1) is 14.7. The number of benzene rings is 2. The van der Waals surface area contributed by atoms with Crippen LogP contribution < -0.4 is 5.01 Å². The van der Waals surface area contributed by atoms with E-state index in [9.17, 15) is 19.8 Å². The average molecular weight is 457 g/mol. The van der Waals surface area contributed by atoms with Crippen LogP contribution in [0.4, 0.5) is 5.69 Å². The van der Waals surface area contributed by atoms with Gasteiger partial charge in [0.05, 0.1) is 22.0 Å². The van der Waals surface area contributed by atoms with Crippen LogP contribution in [0.2, 0.25) is 10.0 Å². The summed E-state index contributed by atoms with van der Waals surface area (Å²) >= 11 is 12.2. The quantitative estimate of drug-likeness (QED) is 0.507. The molecule has 3 aromatic rings. The maximum Gasteiger partial charge on any atom is 0.339 e. The largest absolute Gasteiger partial charge is 0.507 e. The number of hydrogen-bond donors (Lipinski definition) is 2. The van der Waals surface area contributed by atoms with Crippen molar-refractivity contribution in [2.24, 2.45) is 5.10 Å². The Kier molecular flexibility index (Phi) is 5.31. The first-order valence-electron chi connectivity index (χ1n) is 8.98. The van der Waals surface area contributed by atoms with Crippen molar-refractivity contribution >= 4 is 52.6 Å². The molecule has 7 nitrogen and oxygen atoms in total. The highest BCUT2D eigenvalue weighted by Gasteiger charge is 2.30. The van der Waals surface area contributed by atoms with E-state index in [-0.39, 0.29) is 16.8 Å². The second-order valence-corrected chi connectivity index (χ2v) is 7.54. The van der Waals surface area contributed by atoms with E-state index < -0.39 is 17.6 Å². The number of aromatic hydroxyl groups is 1. The number of anilines is 1. The lowest BCUT2D eigenvalue weighted by atomic mass is 10.1. The van der Waals surface area contributed by atoms with E-state index in [4.69, 9.17) is 27.6 Å². The number of aromatic carboxylic acids is 1. The fourth-order valence-electron chi connectivity index (χ4n) is 3.09. The standard InChI is InChI=1S/C22H14Cl2N2O5/c1-11-16(10-14-4-7-20(31-14)15-5-2-12(23)8-18(15)24)21(28)26(25-11)13-3-6-19(27)17(9-13)22(29)30/h2-10,27H,1H3,(H,29,30)/b16-10-. The molecule has 0 atom stereocenters. The number of hydrogen-bond acceptors (Lipinski definition) is 5. The van der Waals surface area contributed by atoms with Crippen molar-refractivity contribution in [3.05, 3.63) is 75.5 Å². The average Bonchev–Trinajstić information content (AvgIpc) is 3.28. The molecule has 4 rings (SSSR count). The minimum atomic E-state index is -1.31. The molecule has 2 N–H and O–H groups in total. The van der Waals surface area contributed by atoms with Gasteiger partial charge in [0, 0.05) is 10.6 Å². The molecule has 0 aliphatic carbocycles. The third kappa shape index (κ3) is 3.93. The van der Waals surface area contributed by atoms with Crippen molar-refractivity contribution in [3.8, 4) is 17.1 Å². The summed E-state index contributed by atoms with van der Waals surface area (Å²) in [6.07, 6.45) is 1.55. The number of nitrogens with zero attached hydrogens (tertiary/aromatic N) is 2. The fraction of sp³-hybridized carbons (Fsp3) is 0.0455. The lowest BCUT2D eigenvalue weighted by Crippen LogP contribution is -2.21. The molecular weight excluding hydrogens is 443 g/mol. The third-order valence-electron chi connectivity index (χ3n) is 4.63. The molecule has 1 amide bonds. The summed E-state index contributed by atoms with van der Waals surface area (Å²) in [5, 5.41) is 25.1. The van der Waals surface area contributed by atoms with Crippen molar-refractivity contribution in [2.45, 2.75) is 6.92 Å². The molecule has 0 bridgehead atoms. The fourth-order valence-corrected chi connectivity index (χ4v) is 3.59. The van der Waals surface area contributed by atoms with Crippen molar-refractivity contribution in [3.63, 3.8) is 0 Å². The highest BCUT2D eigenvalue weighted by molar-refractivity contribution is 6.36. The van der Waals surface area contributed by atoms with E-state index in [1.165, 1.54) is 18.2 Å². The zero-order chi connectivity index (χ0) is 22.3.